The van der Waals surface area contributed by atoms with E-state index in [0.717, 1.165) is 13.0 Å². The molecule has 0 bridgehead atoms. The summed E-state index contributed by atoms with van der Waals surface area (Å²) in [6, 6.07) is 15.9. The number of nitrogens with one attached hydrogen (secondary N) is 1. The highest BCUT2D eigenvalue weighted by Gasteiger charge is 2.05. The molecule has 90 valence electrons. The summed E-state index contributed by atoms with van der Waals surface area (Å²) in [7, 11) is 0. The molecule has 0 aliphatic carbocycles. The topological polar surface area (TPSA) is 12.0 Å². The molecule has 0 saturated carbocycles. The normalized spacial score (nSPS) is 12.8. The molecule has 2 aromatic carbocycles. The summed E-state index contributed by atoms with van der Waals surface area (Å²) >= 11 is 0. The van der Waals surface area contributed by atoms with Crippen molar-refractivity contribution in [3.63, 3.8) is 0 Å². The van der Waals surface area contributed by atoms with Crippen LogP contribution in [0.5, 0.6) is 0 Å². The second kappa shape index (κ2) is 5.83. The Morgan fingerprint density at radius 3 is 2.47 bits per heavy atom. The van der Waals surface area contributed by atoms with Gasteiger partial charge in [0.2, 0.25) is 0 Å². The quantitative estimate of drug-likeness (QED) is 0.820. The Labute approximate surface area is 104 Å². The van der Waals surface area contributed by atoms with E-state index >= 15 is 0 Å². The van der Waals surface area contributed by atoms with Crippen LogP contribution in [0.2, 0.25) is 0 Å². The van der Waals surface area contributed by atoms with Crippen LogP contribution in [0.15, 0.2) is 42.5 Å². The van der Waals surface area contributed by atoms with Gasteiger partial charge in [0.05, 0.1) is 0 Å². The predicted molar refractivity (Wildman–Crippen MR) is 75.4 cm³/mol. The van der Waals surface area contributed by atoms with Gasteiger partial charge in [0.25, 0.3) is 0 Å². The monoisotopic (exact) mass is 227 g/mol. The molecule has 0 aromatic heterocycles. The zero-order chi connectivity index (χ0) is 12.1. The van der Waals surface area contributed by atoms with E-state index in [2.05, 4.69) is 61.6 Å². The Hall–Kier alpha value is -1.34. The number of hydrogen-bond acceptors (Lipinski definition) is 1. The van der Waals surface area contributed by atoms with Crippen LogP contribution < -0.4 is 5.32 Å². The first kappa shape index (κ1) is 12.1. The van der Waals surface area contributed by atoms with Gasteiger partial charge in [-0.25, -0.2) is 0 Å². The Bertz CT molecular complexity index is 476. The van der Waals surface area contributed by atoms with Gasteiger partial charge in [0.15, 0.2) is 0 Å². The number of fused-ring (bicyclic) bond motifs is 1. The van der Waals surface area contributed by atoms with Gasteiger partial charge in [0, 0.05) is 6.04 Å². The molecule has 0 aliphatic heterocycles. The Balaban J connectivity index is 2.18. The van der Waals surface area contributed by atoms with E-state index in [9.17, 15) is 0 Å². The van der Waals surface area contributed by atoms with Crippen molar-refractivity contribution < 1.29 is 0 Å². The third-order valence-corrected chi connectivity index (χ3v) is 3.28. The summed E-state index contributed by atoms with van der Waals surface area (Å²) in [5, 5.41) is 6.20. The van der Waals surface area contributed by atoms with E-state index in [1.54, 1.807) is 0 Å². The number of hydrogen-bond donors (Lipinski definition) is 1. The van der Waals surface area contributed by atoms with Gasteiger partial charge in [0.1, 0.15) is 0 Å². The highest BCUT2D eigenvalue weighted by molar-refractivity contribution is 5.82. The molecule has 0 aliphatic rings. The Morgan fingerprint density at radius 1 is 1.00 bits per heavy atom. The molecular weight excluding hydrogens is 206 g/mol. The standard InChI is InChI=1S/C16H21N/c1-3-16(17-4-2)12-13-9-10-14-7-5-6-8-15(14)11-13/h5-11,16-17H,3-4,12H2,1-2H3. The molecule has 0 heterocycles. The van der Waals surface area contributed by atoms with Crippen molar-refractivity contribution in [2.24, 2.45) is 0 Å². The molecule has 0 amide bonds. The fourth-order valence-corrected chi connectivity index (χ4v) is 2.30. The minimum Gasteiger partial charge on any atom is -0.314 e. The van der Waals surface area contributed by atoms with Gasteiger partial charge >= 0.3 is 0 Å². The number of likely N-dealkylation sites (N-methyl/N-ethyl adjacent to an activating group) is 1. The molecule has 2 aromatic rings. The summed E-state index contributed by atoms with van der Waals surface area (Å²) in [4.78, 5) is 0. The largest absolute Gasteiger partial charge is 0.314 e. The molecule has 0 saturated heterocycles. The molecule has 1 heteroatoms. The summed E-state index contributed by atoms with van der Waals surface area (Å²) in [6.07, 6.45) is 2.30. The first-order valence-corrected chi connectivity index (χ1v) is 6.54. The number of benzene rings is 2. The van der Waals surface area contributed by atoms with Crippen molar-refractivity contribution in [1.29, 1.82) is 0 Å². The first-order chi connectivity index (χ1) is 8.33. The van der Waals surface area contributed by atoms with E-state index in [-0.39, 0.29) is 0 Å². The van der Waals surface area contributed by atoms with Crippen LogP contribution >= 0.6 is 0 Å². The predicted octanol–water partition coefficient (Wildman–Crippen LogP) is 3.77. The van der Waals surface area contributed by atoms with Gasteiger partial charge in [-0.3, -0.25) is 0 Å². The van der Waals surface area contributed by atoms with Crippen LogP contribution in [-0.2, 0) is 6.42 Å². The van der Waals surface area contributed by atoms with Gasteiger partial charge in [-0.15, -0.1) is 0 Å². The van der Waals surface area contributed by atoms with Crippen molar-refractivity contribution in [2.75, 3.05) is 6.54 Å². The van der Waals surface area contributed by atoms with Crippen LogP contribution in [0, 0.1) is 0 Å². The minimum atomic E-state index is 0.598. The maximum absolute atomic E-state index is 3.53. The molecule has 0 fully saturated rings. The van der Waals surface area contributed by atoms with Crippen LogP contribution in [0.3, 0.4) is 0 Å². The fraction of sp³-hybridized carbons (Fsp3) is 0.375. The molecule has 0 radical (unpaired) electrons. The fourth-order valence-electron chi connectivity index (χ4n) is 2.30. The number of rotatable bonds is 5. The van der Waals surface area contributed by atoms with Crippen molar-refractivity contribution in [2.45, 2.75) is 32.7 Å². The van der Waals surface area contributed by atoms with Gasteiger partial charge in [-0.05, 0) is 35.7 Å². The molecule has 17 heavy (non-hydrogen) atoms. The molecule has 1 nitrogen and oxygen atoms in total. The lowest BCUT2D eigenvalue weighted by atomic mass is 10.0. The zero-order valence-electron chi connectivity index (χ0n) is 10.7. The molecular formula is C16H21N. The van der Waals surface area contributed by atoms with Crippen molar-refractivity contribution >= 4 is 10.8 Å². The van der Waals surface area contributed by atoms with Crippen molar-refractivity contribution in [1.82, 2.24) is 5.32 Å². The SMILES string of the molecule is CCNC(CC)Cc1ccc2ccccc2c1. The van der Waals surface area contributed by atoms with E-state index in [1.165, 1.54) is 22.8 Å². The molecule has 0 spiro atoms. The van der Waals surface area contributed by atoms with E-state index in [0.29, 0.717) is 6.04 Å². The molecule has 1 atom stereocenters. The van der Waals surface area contributed by atoms with E-state index in [1.807, 2.05) is 0 Å². The van der Waals surface area contributed by atoms with Crippen LogP contribution in [-0.4, -0.2) is 12.6 Å². The summed E-state index contributed by atoms with van der Waals surface area (Å²) < 4.78 is 0. The van der Waals surface area contributed by atoms with E-state index in [4.69, 9.17) is 0 Å². The van der Waals surface area contributed by atoms with Crippen LogP contribution in [0.25, 0.3) is 10.8 Å². The lowest BCUT2D eigenvalue weighted by Gasteiger charge is -2.16. The third-order valence-electron chi connectivity index (χ3n) is 3.28. The summed E-state index contributed by atoms with van der Waals surface area (Å²) in [6.45, 7) is 5.46. The van der Waals surface area contributed by atoms with Crippen LogP contribution in [0.4, 0.5) is 0 Å². The second-order valence-electron chi connectivity index (χ2n) is 4.55. The Kier molecular flexibility index (Phi) is 4.16. The van der Waals surface area contributed by atoms with Crippen molar-refractivity contribution in [3.8, 4) is 0 Å². The highest BCUT2D eigenvalue weighted by Crippen LogP contribution is 2.17. The average Bonchev–Trinajstić information content (AvgIpc) is 2.38. The summed E-state index contributed by atoms with van der Waals surface area (Å²) in [5.41, 5.74) is 1.43. The van der Waals surface area contributed by atoms with Crippen molar-refractivity contribution in [3.05, 3.63) is 48.0 Å². The second-order valence-corrected chi connectivity index (χ2v) is 4.55. The average molecular weight is 227 g/mol. The lowest BCUT2D eigenvalue weighted by Crippen LogP contribution is -2.30. The van der Waals surface area contributed by atoms with Crippen LogP contribution in [0.1, 0.15) is 25.8 Å². The lowest BCUT2D eigenvalue weighted by molar-refractivity contribution is 0.510. The molecule has 2 rings (SSSR count). The minimum absolute atomic E-state index is 0.598. The van der Waals surface area contributed by atoms with Gasteiger partial charge < -0.3 is 5.32 Å². The smallest absolute Gasteiger partial charge is 0.0105 e. The van der Waals surface area contributed by atoms with E-state index < -0.39 is 0 Å². The first-order valence-electron chi connectivity index (χ1n) is 6.54. The maximum Gasteiger partial charge on any atom is 0.0105 e. The van der Waals surface area contributed by atoms with Gasteiger partial charge in [-0.1, -0.05) is 56.3 Å². The molecule has 1 unspecified atom stereocenters. The molecule has 1 N–H and O–H groups in total. The van der Waals surface area contributed by atoms with Gasteiger partial charge in [-0.2, -0.15) is 0 Å². The zero-order valence-corrected chi connectivity index (χ0v) is 10.7. The Morgan fingerprint density at radius 2 is 1.76 bits per heavy atom. The maximum atomic E-state index is 3.53. The summed E-state index contributed by atoms with van der Waals surface area (Å²) in [5.74, 6) is 0. The third kappa shape index (κ3) is 3.07. The highest BCUT2D eigenvalue weighted by atomic mass is 14.9.